The van der Waals surface area contributed by atoms with Crippen molar-refractivity contribution in [2.75, 3.05) is 0 Å². The maximum absolute atomic E-state index is 2.28. The lowest BCUT2D eigenvalue weighted by atomic mass is 10.2. The van der Waals surface area contributed by atoms with Crippen LogP contribution >= 0.6 is 0 Å². The molecule has 0 nitrogen and oxygen atoms in total. The molecule has 0 saturated heterocycles. The van der Waals surface area contributed by atoms with Gasteiger partial charge in [-0.3, -0.25) is 0 Å². The first-order chi connectivity index (χ1) is 4.33. The molecule has 0 heterocycles. The van der Waals surface area contributed by atoms with E-state index in [2.05, 4.69) is 31.2 Å². The van der Waals surface area contributed by atoms with Crippen LogP contribution in [-0.2, 0) is 6.42 Å². The van der Waals surface area contributed by atoms with Crippen molar-refractivity contribution in [3.8, 4) is 0 Å². The summed E-state index contributed by atoms with van der Waals surface area (Å²) in [7, 11) is 1.18. The van der Waals surface area contributed by atoms with Gasteiger partial charge in [-0.1, -0.05) is 36.4 Å². The SMILES string of the molecule is CCc1cccc([SiH3])c1. The van der Waals surface area contributed by atoms with E-state index >= 15 is 0 Å². The molecule has 0 aromatic heterocycles. The summed E-state index contributed by atoms with van der Waals surface area (Å²) in [5, 5.41) is 1.49. The Kier molecular flexibility index (Phi) is 2.06. The molecule has 0 aliphatic rings. The van der Waals surface area contributed by atoms with Gasteiger partial charge in [0.25, 0.3) is 0 Å². The average Bonchev–Trinajstić information content (AvgIpc) is 1.88. The lowest BCUT2D eigenvalue weighted by Crippen LogP contribution is -2.01. The van der Waals surface area contributed by atoms with Gasteiger partial charge in [-0.2, -0.15) is 0 Å². The third-order valence-corrected chi connectivity index (χ3v) is 2.11. The first-order valence-electron chi connectivity index (χ1n) is 3.38. The second-order valence-electron chi connectivity index (χ2n) is 2.34. The predicted molar refractivity (Wildman–Crippen MR) is 45.4 cm³/mol. The second kappa shape index (κ2) is 2.83. The molecule has 0 atom stereocenters. The Balaban J connectivity index is 2.94. The maximum Gasteiger partial charge on any atom is 0.0385 e. The highest BCUT2D eigenvalue weighted by Gasteiger charge is 1.85. The van der Waals surface area contributed by atoms with Gasteiger partial charge in [-0.15, -0.1) is 0 Å². The monoisotopic (exact) mass is 136 g/mol. The highest BCUT2D eigenvalue weighted by Crippen LogP contribution is 1.94. The minimum absolute atomic E-state index is 1.16. The smallest absolute Gasteiger partial charge is 0.0385 e. The molecule has 0 bridgehead atoms. The number of benzene rings is 1. The van der Waals surface area contributed by atoms with Crippen molar-refractivity contribution >= 4 is 15.4 Å². The van der Waals surface area contributed by atoms with Crippen LogP contribution in [0.25, 0.3) is 0 Å². The van der Waals surface area contributed by atoms with Gasteiger partial charge in [-0.25, -0.2) is 0 Å². The average molecular weight is 136 g/mol. The fraction of sp³-hybridized carbons (Fsp3) is 0.250. The third-order valence-electron chi connectivity index (χ3n) is 1.49. The molecule has 0 N–H and O–H groups in total. The molecule has 0 unspecified atom stereocenters. The van der Waals surface area contributed by atoms with Crippen LogP contribution in [-0.4, -0.2) is 10.2 Å². The van der Waals surface area contributed by atoms with Gasteiger partial charge in [0.15, 0.2) is 0 Å². The highest BCUT2D eigenvalue weighted by atomic mass is 28.1. The third kappa shape index (κ3) is 1.68. The van der Waals surface area contributed by atoms with Crippen LogP contribution in [0.15, 0.2) is 24.3 Å². The first kappa shape index (κ1) is 6.56. The van der Waals surface area contributed by atoms with Gasteiger partial charge in [0.05, 0.1) is 0 Å². The van der Waals surface area contributed by atoms with Gasteiger partial charge in [-0.05, 0) is 12.0 Å². The molecule has 0 fully saturated rings. The summed E-state index contributed by atoms with van der Waals surface area (Å²) in [6, 6.07) is 8.79. The van der Waals surface area contributed by atoms with E-state index in [0.717, 1.165) is 6.42 Å². The topological polar surface area (TPSA) is 0 Å². The van der Waals surface area contributed by atoms with Crippen LogP contribution in [0.4, 0.5) is 0 Å². The maximum atomic E-state index is 2.28. The fourth-order valence-electron chi connectivity index (χ4n) is 0.932. The van der Waals surface area contributed by atoms with Gasteiger partial charge >= 0.3 is 0 Å². The van der Waals surface area contributed by atoms with Gasteiger partial charge in [0.1, 0.15) is 0 Å². The highest BCUT2D eigenvalue weighted by molar-refractivity contribution is 6.32. The Morgan fingerprint density at radius 1 is 1.44 bits per heavy atom. The van der Waals surface area contributed by atoms with E-state index in [-0.39, 0.29) is 0 Å². The predicted octanol–water partition coefficient (Wildman–Crippen LogP) is 0.240. The van der Waals surface area contributed by atoms with E-state index in [4.69, 9.17) is 0 Å². The number of hydrogen-bond acceptors (Lipinski definition) is 0. The van der Waals surface area contributed by atoms with Crippen molar-refractivity contribution in [3.05, 3.63) is 29.8 Å². The standard InChI is InChI=1S/C8H12Si/c1-2-7-4-3-5-8(9)6-7/h3-6H,2H2,1,9H3. The summed E-state index contributed by atoms with van der Waals surface area (Å²) in [6.45, 7) is 2.19. The molecule has 48 valence electrons. The summed E-state index contributed by atoms with van der Waals surface area (Å²) in [5.74, 6) is 0. The van der Waals surface area contributed by atoms with Crippen LogP contribution in [0.3, 0.4) is 0 Å². The first-order valence-corrected chi connectivity index (χ1v) is 4.38. The lowest BCUT2D eigenvalue weighted by molar-refractivity contribution is 1.14. The normalized spacial score (nSPS) is 9.89. The lowest BCUT2D eigenvalue weighted by Gasteiger charge is -1.95. The van der Waals surface area contributed by atoms with Crippen LogP contribution in [0, 0.1) is 0 Å². The Bertz CT molecular complexity index is 194. The molecule has 1 aromatic carbocycles. The molecule has 0 spiro atoms. The molecule has 0 aliphatic carbocycles. The van der Waals surface area contributed by atoms with Gasteiger partial charge in [0, 0.05) is 10.2 Å². The molecule has 1 aromatic rings. The van der Waals surface area contributed by atoms with E-state index in [0.29, 0.717) is 0 Å². The van der Waals surface area contributed by atoms with Crippen LogP contribution in [0.5, 0.6) is 0 Å². The van der Waals surface area contributed by atoms with E-state index in [9.17, 15) is 0 Å². The molecule has 0 amide bonds. The van der Waals surface area contributed by atoms with Crippen molar-refractivity contribution in [3.63, 3.8) is 0 Å². The Morgan fingerprint density at radius 3 is 2.67 bits per heavy atom. The van der Waals surface area contributed by atoms with Crippen molar-refractivity contribution in [1.82, 2.24) is 0 Å². The zero-order chi connectivity index (χ0) is 6.69. The van der Waals surface area contributed by atoms with Gasteiger partial charge in [0.2, 0.25) is 0 Å². The van der Waals surface area contributed by atoms with Crippen LogP contribution in [0.1, 0.15) is 12.5 Å². The van der Waals surface area contributed by atoms with Crippen molar-refractivity contribution in [2.24, 2.45) is 0 Å². The van der Waals surface area contributed by atoms with E-state index in [1.54, 1.807) is 0 Å². The second-order valence-corrected chi connectivity index (χ2v) is 3.50. The summed E-state index contributed by atoms with van der Waals surface area (Å²) >= 11 is 0. The Labute approximate surface area is 59.3 Å². The number of rotatable bonds is 1. The molecule has 1 rings (SSSR count). The molecule has 0 aliphatic heterocycles. The Morgan fingerprint density at radius 2 is 2.22 bits per heavy atom. The molecule has 0 radical (unpaired) electrons. The van der Waals surface area contributed by atoms with E-state index in [1.165, 1.54) is 21.0 Å². The van der Waals surface area contributed by atoms with Crippen molar-refractivity contribution < 1.29 is 0 Å². The van der Waals surface area contributed by atoms with Gasteiger partial charge < -0.3 is 0 Å². The zero-order valence-corrected chi connectivity index (χ0v) is 8.02. The minimum atomic E-state index is 1.16. The Hall–Kier alpha value is -0.563. The van der Waals surface area contributed by atoms with Crippen molar-refractivity contribution in [2.45, 2.75) is 13.3 Å². The summed E-state index contributed by atoms with van der Waals surface area (Å²) in [5.41, 5.74) is 1.46. The summed E-state index contributed by atoms with van der Waals surface area (Å²) in [4.78, 5) is 0. The molecule has 9 heavy (non-hydrogen) atoms. The molecular weight excluding hydrogens is 124 g/mol. The minimum Gasteiger partial charge on any atom is -0.0705 e. The molecule has 1 heteroatoms. The van der Waals surface area contributed by atoms with Crippen LogP contribution < -0.4 is 5.19 Å². The van der Waals surface area contributed by atoms with Crippen molar-refractivity contribution in [1.29, 1.82) is 0 Å². The fourth-order valence-corrected chi connectivity index (χ4v) is 1.50. The molecule has 0 saturated carbocycles. The largest absolute Gasteiger partial charge is 0.0705 e. The quantitative estimate of drug-likeness (QED) is 0.485. The van der Waals surface area contributed by atoms with Crippen LogP contribution in [0.2, 0.25) is 0 Å². The summed E-state index contributed by atoms with van der Waals surface area (Å²) in [6.07, 6.45) is 1.16. The number of hydrogen-bond donors (Lipinski definition) is 0. The molecular formula is C8H12Si. The zero-order valence-electron chi connectivity index (χ0n) is 6.02. The summed E-state index contributed by atoms with van der Waals surface area (Å²) < 4.78 is 0. The number of aryl methyl sites for hydroxylation is 1. The van der Waals surface area contributed by atoms with E-state index in [1.807, 2.05) is 0 Å². The van der Waals surface area contributed by atoms with E-state index < -0.39 is 0 Å².